The van der Waals surface area contributed by atoms with Gasteiger partial charge in [-0.25, -0.2) is 9.38 Å². The van der Waals surface area contributed by atoms with E-state index in [2.05, 4.69) is 20.7 Å². The number of guanidine groups is 1. The molecule has 2 aromatic rings. The highest BCUT2D eigenvalue weighted by Crippen LogP contribution is 2.04. The molecule has 0 saturated heterocycles. The van der Waals surface area contributed by atoms with Crippen molar-refractivity contribution in [2.75, 3.05) is 13.1 Å². The topological polar surface area (TPSA) is 54.2 Å². The van der Waals surface area contributed by atoms with Gasteiger partial charge in [-0.1, -0.05) is 12.1 Å². The van der Waals surface area contributed by atoms with Crippen molar-refractivity contribution in [3.8, 4) is 0 Å². The smallest absolute Gasteiger partial charge is 0.191 e. The number of benzene rings is 1. The summed E-state index contributed by atoms with van der Waals surface area (Å²) in [6.45, 7) is 6.72. The Morgan fingerprint density at radius 2 is 2.17 bits per heavy atom. The lowest BCUT2D eigenvalue weighted by Crippen LogP contribution is -2.38. The van der Waals surface area contributed by atoms with Crippen molar-refractivity contribution in [2.45, 2.75) is 26.9 Å². The van der Waals surface area contributed by atoms with Crippen molar-refractivity contribution in [2.24, 2.45) is 4.99 Å². The van der Waals surface area contributed by atoms with Crippen molar-refractivity contribution >= 4 is 29.9 Å². The maximum absolute atomic E-state index is 13.1. The molecule has 0 radical (unpaired) electrons. The number of aliphatic imine (C=N–C) groups is 1. The average molecular weight is 431 g/mol. The molecule has 0 aliphatic carbocycles. The minimum Gasteiger partial charge on any atom is -0.357 e. The van der Waals surface area contributed by atoms with Crippen LogP contribution >= 0.6 is 24.0 Å². The second-order valence-electron chi connectivity index (χ2n) is 5.03. The van der Waals surface area contributed by atoms with Crippen LogP contribution in [0.5, 0.6) is 0 Å². The first-order valence-electron chi connectivity index (χ1n) is 7.43. The summed E-state index contributed by atoms with van der Waals surface area (Å²) in [7, 11) is 0. The summed E-state index contributed by atoms with van der Waals surface area (Å²) >= 11 is 0. The molecule has 0 bridgehead atoms. The van der Waals surface area contributed by atoms with E-state index in [9.17, 15) is 4.39 Å². The molecule has 0 saturated carbocycles. The van der Waals surface area contributed by atoms with Gasteiger partial charge in [0.15, 0.2) is 5.96 Å². The Labute approximate surface area is 153 Å². The van der Waals surface area contributed by atoms with Gasteiger partial charge in [0.05, 0.1) is 19.3 Å². The summed E-state index contributed by atoms with van der Waals surface area (Å²) in [6, 6.07) is 6.49. The Morgan fingerprint density at radius 1 is 1.35 bits per heavy atom. The highest BCUT2D eigenvalue weighted by molar-refractivity contribution is 14.0. The molecule has 1 aromatic carbocycles. The number of rotatable bonds is 6. The van der Waals surface area contributed by atoms with Gasteiger partial charge in [-0.2, -0.15) is 5.10 Å². The Morgan fingerprint density at radius 3 is 2.83 bits per heavy atom. The molecule has 0 amide bonds. The Hall–Kier alpha value is -1.64. The van der Waals surface area contributed by atoms with E-state index in [1.54, 1.807) is 6.07 Å². The summed E-state index contributed by atoms with van der Waals surface area (Å²) in [5, 5.41) is 10.7. The van der Waals surface area contributed by atoms with Gasteiger partial charge < -0.3 is 10.6 Å². The van der Waals surface area contributed by atoms with Crippen LogP contribution in [0, 0.1) is 12.7 Å². The molecule has 1 heterocycles. The zero-order chi connectivity index (χ0) is 15.8. The van der Waals surface area contributed by atoms with E-state index in [1.807, 2.05) is 37.0 Å². The van der Waals surface area contributed by atoms with Crippen LogP contribution in [0.25, 0.3) is 0 Å². The first-order chi connectivity index (χ1) is 10.7. The van der Waals surface area contributed by atoms with Crippen molar-refractivity contribution < 1.29 is 4.39 Å². The van der Waals surface area contributed by atoms with Crippen LogP contribution in [0.3, 0.4) is 0 Å². The van der Waals surface area contributed by atoms with E-state index < -0.39 is 0 Å². The molecule has 2 rings (SSSR count). The van der Waals surface area contributed by atoms with Crippen LogP contribution in [-0.4, -0.2) is 28.8 Å². The van der Waals surface area contributed by atoms with Gasteiger partial charge in [0.2, 0.25) is 0 Å². The predicted molar refractivity (Wildman–Crippen MR) is 102 cm³/mol. The monoisotopic (exact) mass is 431 g/mol. The third-order valence-electron chi connectivity index (χ3n) is 3.05. The van der Waals surface area contributed by atoms with Crippen LogP contribution in [-0.2, 0) is 13.1 Å². The van der Waals surface area contributed by atoms with Gasteiger partial charge >= 0.3 is 0 Å². The number of nitrogens with zero attached hydrogens (tertiary/aromatic N) is 3. The molecular weight excluding hydrogens is 408 g/mol. The SMILES string of the molecule is CCNC(=NCc1cccc(F)c1)NCCn1cc(C)cn1.I. The van der Waals surface area contributed by atoms with Crippen LogP contribution in [0.2, 0.25) is 0 Å². The standard InChI is InChI=1S/C16H22FN5.HI/c1-3-18-16(19-7-8-22-12-13(2)10-21-22)20-11-14-5-4-6-15(17)9-14;/h4-6,9-10,12H,3,7-8,11H2,1-2H3,(H2,18,19,20);1H. The van der Waals surface area contributed by atoms with Crippen LogP contribution in [0.15, 0.2) is 41.7 Å². The fourth-order valence-electron chi connectivity index (χ4n) is 2.03. The van der Waals surface area contributed by atoms with E-state index in [-0.39, 0.29) is 29.8 Å². The molecule has 23 heavy (non-hydrogen) atoms. The Kier molecular flexibility index (Phi) is 8.60. The zero-order valence-electron chi connectivity index (χ0n) is 13.4. The van der Waals surface area contributed by atoms with Crippen molar-refractivity contribution in [1.29, 1.82) is 0 Å². The summed E-state index contributed by atoms with van der Waals surface area (Å²) in [5.41, 5.74) is 1.99. The van der Waals surface area contributed by atoms with Crippen molar-refractivity contribution in [3.63, 3.8) is 0 Å². The summed E-state index contributed by atoms with van der Waals surface area (Å²) < 4.78 is 15.0. The number of halogens is 2. The molecule has 2 N–H and O–H groups in total. The lowest BCUT2D eigenvalue weighted by atomic mass is 10.2. The van der Waals surface area contributed by atoms with Gasteiger partial charge in [0.1, 0.15) is 5.82 Å². The third-order valence-corrected chi connectivity index (χ3v) is 3.05. The molecule has 126 valence electrons. The summed E-state index contributed by atoms with van der Waals surface area (Å²) in [4.78, 5) is 4.46. The molecular formula is C16H23FIN5. The fraction of sp³-hybridized carbons (Fsp3) is 0.375. The van der Waals surface area contributed by atoms with Gasteiger partial charge in [0, 0.05) is 19.3 Å². The number of hydrogen-bond donors (Lipinski definition) is 2. The number of nitrogens with one attached hydrogen (secondary N) is 2. The number of hydrogen-bond acceptors (Lipinski definition) is 2. The Balaban J connectivity index is 0.00000264. The molecule has 1 aromatic heterocycles. The molecule has 0 fully saturated rings. The minimum absolute atomic E-state index is 0. The predicted octanol–water partition coefficient (Wildman–Crippen LogP) is 2.70. The number of aryl methyl sites for hydroxylation is 1. The zero-order valence-corrected chi connectivity index (χ0v) is 15.8. The van der Waals surface area contributed by atoms with E-state index in [0.29, 0.717) is 6.54 Å². The maximum Gasteiger partial charge on any atom is 0.191 e. The highest BCUT2D eigenvalue weighted by Gasteiger charge is 1.99. The quantitative estimate of drug-likeness (QED) is 0.420. The normalized spacial score (nSPS) is 11.0. The average Bonchev–Trinajstić information content (AvgIpc) is 2.90. The minimum atomic E-state index is -0.236. The fourth-order valence-corrected chi connectivity index (χ4v) is 2.03. The molecule has 0 aliphatic heterocycles. The molecule has 0 atom stereocenters. The van der Waals surface area contributed by atoms with Gasteiger partial charge in [-0.15, -0.1) is 24.0 Å². The van der Waals surface area contributed by atoms with E-state index in [1.165, 1.54) is 12.1 Å². The molecule has 0 unspecified atom stereocenters. The molecule has 5 nitrogen and oxygen atoms in total. The first kappa shape index (κ1) is 19.4. The third kappa shape index (κ3) is 6.98. The van der Waals surface area contributed by atoms with Gasteiger partial charge in [0.25, 0.3) is 0 Å². The second-order valence-corrected chi connectivity index (χ2v) is 5.03. The number of aromatic nitrogens is 2. The molecule has 0 spiro atoms. The molecule has 0 aliphatic rings. The molecule has 7 heteroatoms. The summed E-state index contributed by atoms with van der Waals surface area (Å²) in [5.74, 6) is 0.482. The van der Waals surface area contributed by atoms with Crippen molar-refractivity contribution in [3.05, 3.63) is 53.6 Å². The van der Waals surface area contributed by atoms with Gasteiger partial charge in [-0.3, -0.25) is 4.68 Å². The largest absolute Gasteiger partial charge is 0.357 e. The van der Waals surface area contributed by atoms with E-state index in [4.69, 9.17) is 0 Å². The lowest BCUT2D eigenvalue weighted by molar-refractivity contribution is 0.597. The van der Waals surface area contributed by atoms with Crippen LogP contribution < -0.4 is 10.6 Å². The van der Waals surface area contributed by atoms with Crippen molar-refractivity contribution in [1.82, 2.24) is 20.4 Å². The highest BCUT2D eigenvalue weighted by atomic mass is 127. The van der Waals surface area contributed by atoms with E-state index in [0.717, 1.165) is 36.7 Å². The second kappa shape index (κ2) is 10.2. The Bertz CT molecular complexity index is 626. The lowest BCUT2D eigenvalue weighted by Gasteiger charge is -2.11. The van der Waals surface area contributed by atoms with Crippen LogP contribution in [0.4, 0.5) is 4.39 Å². The first-order valence-corrected chi connectivity index (χ1v) is 7.43. The van der Waals surface area contributed by atoms with Crippen LogP contribution in [0.1, 0.15) is 18.1 Å². The van der Waals surface area contributed by atoms with Gasteiger partial charge in [-0.05, 0) is 37.1 Å². The van der Waals surface area contributed by atoms with E-state index >= 15 is 0 Å². The maximum atomic E-state index is 13.1. The summed E-state index contributed by atoms with van der Waals surface area (Å²) in [6.07, 6.45) is 3.84.